The average molecular weight is 531 g/mol. The Labute approximate surface area is 221 Å². The van der Waals surface area contributed by atoms with Crippen molar-refractivity contribution in [2.75, 3.05) is 27.9 Å². The molecule has 0 saturated carbocycles. The highest BCUT2D eigenvalue weighted by Gasteiger charge is 2.34. The molecule has 38 heavy (non-hydrogen) atoms. The Morgan fingerprint density at radius 2 is 1.79 bits per heavy atom. The number of methoxy groups -OCH3 is 3. The van der Waals surface area contributed by atoms with Crippen molar-refractivity contribution in [3.8, 4) is 23.0 Å². The summed E-state index contributed by atoms with van der Waals surface area (Å²) < 4.78 is 38.7. The predicted molar refractivity (Wildman–Crippen MR) is 142 cm³/mol. The van der Waals surface area contributed by atoms with Gasteiger partial charge in [-0.2, -0.15) is 0 Å². The van der Waals surface area contributed by atoms with Crippen LogP contribution in [-0.2, 0) is 0 Å². The Morgan fingerprint density at radius 3 is 2.53 bits per heavy atom. The summed E-state index contributed by atoms with van der Waals surface area (Å²) in [6.45, 7) is 0.204. The molecule has 0 saturated heterocycles. The van der Waals surface area contributed by atoms with Crippen LogP contribution in [0.2, 0.25) is 0 Å². The maximum absolute atomic E-state index is 14.3. The van der Waals surface area contributed by atoms with E-state index in [0.717, 1.165) is 22.4 Å². The first-order valence-electron chi connectivity index (χ1n) is 11.8. The second kappa shape index (κ2) is 9.50. The van der Waals surface area contributed by atoms with E-state index in [1.54, 1.807) is 38.0 Å². The number of fused-ring (bicyclic) bond motifs is 3. The summed E-state index contributed by atoms with van der Waals surface area (Å²) in [5.74, 6) is 2.01. The molecule has 0 aliphatic carbocycles. The number of nitrogens with zero attached hydrogens (tertiary/aromatic N) is 2. The molecular formula is C29H23FN2O5S. The maximum atomic E-state index is 14.3. The Morgan fingerprint density at radius 1 is 1.00 bits per heavy atom. The normalized spacial score (nSPS) is 16.1. The molecule has 1 atom stereocenters. The van der Waals surface area contributed by atoms with Gasteiger partial charge in [0.15, 0.2) is 16.3 Å². The zero-order chi connectivity index (χ0) is 26.4. The minimum atomic E-state index is -0.532. The molecule has 0 radical (unpaired) electrons. The summed E-state index contributed by atoms with van der Waals surface area (Å²) in [7, 11) is 4.74. The molecule has 3 heterocycles. The molecule has 4 aromatic rings. The van der Waals surface area contributed by atoms with Crippen LogP contribution in [0.25, 0.3) is 11.8 Å². The van der Waals surface area contributed by atoms with E-state index in [2.05, 4.69) is 0 Å². The van der Waals surface area contributed by atoms with Crippen molar-refractivity contribution in [1.82, 2.24) is 4.57 Å². The first kappa shape index (κ1) is 24.0. The van der Waals surface area contributed by atoms with E-state index < -0.39 is 6.04 Å². The van der Waals surface area contributed by atoms with Gasteiger partial charge in [-0.25, -0.2) is 9.38 Å². The van der Waals surface area contributed by atoms with Crippen LogP contribution in [0.5, 0.6) is 23.0 Å². The second-order valence-electron chi connectivity index (χ2n) is 8.77. The van der Waals surface area contributed by atoms with E-state index in [4.69, 9.17) is 23.9 Å². The van der Waals surface area contributed by atoms with Crippen molar-refractivity contribution in [2.24, 2.45) is 4.99 Å². The van der Waals surface area contributed by atoms with Gasteiger partial charge in [-0.05, 0) is 59.7 Å². The van der Waals surface area contributed by atoms with Gasteiger partial charge in [-0.1, -0.05) is 29.5 Å². The lowest BCUT2D eigenvalue weighted by molar-refractivity contribution is 0.327. The quantitative estimate of drug-likeness (QED) is 0.391. The van der Waals surface area contributed by atoms with Crippen molar-refractivity contribution in [3.63, 3.8) is 0 Å². The van der Waals surface area contributed by atoms with E-state index in [0.29, 0.717) is 37.8 Å². The summed E-state index contributed by atoms with van der Waals surface area (Å²) in [5.41, 5.74) is 3.41. The Balaban J connectivity index is 1.60. The van der Waals surface area contributed by atoms with Crippen molar-refractivity contribution in [2.45, 2.75) is 6.04 Å². The van der Waals surface area contributed by atoms with E-state index >= 15 is 0 Å². The number of aromatic nitrogens is 1. The number of ether oxygens (including phenoxy) is 4. The number of thiazole rings is 1. The molecule has 0 fully saturated rings. The topological polar surface area (TPSA) is 71.3 Å². The van der Waals surface area contributed by atoms with Gasteiger partial charge in [0.1, 0.15) is 23.9 Å². The van der Waals surface area contributed by atoms with Gasteiger partial charge in [-0.3, -0.25) is 9.36 Å². The lowest BCUT2D eigenvalue weighted by atomic mass is 9.92. The van der Waals surface area contributed by atoms with Crippen molar-refractivity contribution in [3.05, 3.63) is 108 Å². The highest BCUT2D eigenvalue weighted by atomic mass is 32.1. The van der Waals surface area contributed by atoms with E-state index in [-0.39, 0.29) is 18.0 Å². The Hall–Kier alpha value is -4.37. The molecule has 192 valence electrons. The van der Waals surface area contributed by atoms with Crippen molar-refractivity contribution in [1.29, 1.82) is 0 Å². The minimum absolute atomic E-state index is 0.180. The molecule has 2 aliphatic rings. The summed E-state index contributed by atoms with van der Waals surface area (Å²) in [6.07, 6.45) is 1.84. The fourth-order valence-electron chi connectivity index (χ4n) is 4.82. The number of hydrogen-bond donors (Lipinski definition) is 0. The number of hydrogen-bond acceptors (Lipinski definition) is 7. The zero-order valence-electron chi connectivity index (χ0n) is 20.9. The summed E-state index contributed by atoms with van der Waals surface area (Å²) in [5, 5.41) is 0. The third-order valence-electron chi connectivity index (χ3n) is 6.65. The molecule has 2 aliphatic heterocycles. The van der Waals surface area contributed by atoms with Gasteiger partial charge in [0.05, 0.1) is 37.6 Å². The molecule has 1 aromatic heterocycles. The van der Waals surface area contributed by atoms with E-state index in [1.807, 2.05) is 42.5 Å². The molecule has 3 aromatic carbocycles. The van der Waals surface area contributed by atoms with Gasteiger partial charge in [0.25, 0.3) is 5.56 Å². The second-order valence-corrected chi connectivity index (χ2v) is 9.78. The molecule has 9 heteroatoms. The first-order chi connectivity index (χ1) is 18.5. The summed E-state index contributed by atoms with van der Waals surface area (Å²) in [4.78, 5) is 19.2. The molecule has 0 amide bonds. The van der Waals surface area contributed by atoms with Crippen LogP contribution in [0.1, 0.15) is 22.7 Å². The lowest BCUT2D eigenvalue weighted by Crippen LogP contribution is -2.39. The molecule has 6 rings (SSSR count). The first-order valence-corrected chi connectivity index (χ1v) is 12.7. The smallest absolute Gasteiger partial charge is 0.271 e. The SMILES string of the molecule is COc1ccc(/C=c2\sc3n(c2=O)C(c2ccc(OC)c(OC)c2)C2=C(N=3)c3cc(F)ccc3OC2)cc1. The van der Waals surface area contributed by atoms with Gasteiger partial charge in [0.2, 0.25) is 0 Å². The predicted octanol–water partition coefficient (Wildman–Crippen LogP) is 3.93. The summed E-state index contributed by atoms with van der Waals surface area (Å²) >= 11 is 1.29. The standard InChI is InChI=1S/C29H23FN2O5S/c1-34-19-8-4-16(5-9-19)12-25-28(33)32-27(17-6-10-23(35-2)24(13-17)36-3)21-15-37-22-11-7-18(30)14-20(22)26(21)31-29(32)38-25/h4-14,27H,15H2,1-3H3/b25-12-. The maximum Gasteiger partial charge on any atom is 0.271 e. The van der Waals surface area contributed by atoms with Crippen LogP contribution in [0.4, 0.5) is 4.39 Å². The Kier molecular flexibility index (Phi) is 6.00. The average Bonchev–Trinajstić information content (AvgIpc) is 3.26. The van der Waals surface area contributed by atoms with Crippen LogP contribution in [0, 0.1) is 5.82 Å². The van der Waals surface area contributed by atoms with Crippen LogP contribution in [0.15, 0.2) is 76.0 Å². The highest BCUT2D eigenvalue weighted by molar-refractivity contribution is 7.07. The highest BCUT2D eigenvalue weighted by Crippen LogP contribution is 2.42. The van der Waals surface area contributed by atoms with Crippen molar-refractivity contribution < 1.29 is 23.3 Å². The van der Waals surface area contributed by atoms with Crippen molar-refractivity contribution >= 4 is 23.1 Å². The number of rotatable bonds is 5. The molecule has 0 bridgehead atoms. The Bertz CT molecular complexity index is 1770. The molecule has 1 unspecified atom stereocenters. The third-order valence-corrected chi connectivity index (χ3v) is 7.64. The van der Waals surface area contributed by atoms with Crippen LogP contribution < -0.4 is 33.8 Å². The third kappa shape index (κ3) is 3.95. The van der Waals surface area contributed by atoms with Crippen LogP contribution in [0.3, 0.4) is 0 Å². The van der Waals surface area contributed by atoms with E-state index in [9.17, 15) is 9.18 Å². The molecule has 0 spiro atoms. The molecule has 0 N–H and O–H groups in total. The van der Waals surface area contributed by atoms with Crippen LogP contribution in [-0.4, -0.2) is 32.5 Å². The molecular weight excluding hydrogens is 507 g/mol. The lowest BCUT2D eigenvalue weighted by Gasteiger charge is -2.31. The zero-order valence-corrected chi connectivity index (χ0v) is 21.7. The van der Waals surface area contributed by atoms with Gasteiger partial charge in [0, 0.05) is 11.1 Å². The number of benzene rings is 3. The van der Waals surface area contributed by atoms with Gasteiger partial charge >= 0.3 is 0 Å². The fraction of sp³-hybridized carbons (Fsp3) is 0.172. The molecule has 7 nitrogen and oxygen atoms in total. The van der Waals surface area contributed by atoms with Crippen LogP contribution >= 0.6 is 11.3 Å². The monoisotopic (exact) mass is 530 g/mol. The summed E-state index contributed by atoms with van der Waals surface area (Å²) in [6, 6.07) is 16.9. The minimum Gasteiger partial charge on any atom is -0.497 e. The van der Waals surface area contributed by atoms with E-state index in [1.165, 1.54) is 23.5 Å². The van der Waals surface area contributed by atoms with Gasteiger partial charge in [-0.15, -0.1) is 0 Å². The largest absolute Gasteiger partial charge is 0.497 e. The number of halogens is 1. The fourth-order valence-corrected chi connectivity index (χ4v) is 5.82. The van der Waals surface area contributed by atoms with Gasteiger partial charge < -0.3 is 18.9 Å².